The van der Waals surface area contributed by atoms with E-state index in [2.05, 4.69) is 36.4 Å². The van der Waals surface area contributed by atoms with Gasteiger partial charge in [-0.1, -0.05) is 48.5 Å². The summed E-state index contributed by atoms with van der Waals surface area (Å²) in [4.78, 5) is 10.8. The zero-order chi connectivity index (χ0) is 20.9. The highest BCUT2D eigenvalue weighted by Gasteiger charge is 2.24. The summed E-state index contributed by atoms with van der Waals surface area (Å²) in [5.74, 6) is 0. The zero-order valence-electron chi connectivity index (χ0n) is 16.4. The fourth-order valence-corrected chi connectivity index (χ4v) is 4.47. The minimum Gasteiger partial charge on any atom is -0.258 e. The van der Waals surface area contributed by atoms with Crippen molar-refractivity contribution >= 4 is 49.2 Å². The number of nitrogens with zero attached hydrogens (tertiary/aromatic N) is 1. The van der Waals surface area contributed by atoms with Gasteiger partial charge in [0.2, 0.25) is 0 Å². The first-order chi connectivity index (χ1) is 15.2. The number of benzene rings is 5. The van der Waals surface area contributed by atoms with Gasteiger partial charge in [0, 0.05) is 29.8 Å². The van der Waals surface area contributed by atoms with Crippen LogP contribution in [0.3, 0.4) is 0 Å². The van der Waals surface area contributed by atoms with Crippen molar-refractivity contribution in [3.05, 3.63) is 107 Å². The molecule has 0 amide bonds. The molecule has 6 aromatic rings. The summed E-state index contributed by atoms with van der Waals surface area (Å²) in [7, 11) is 0. The maximum absolute atomic E-state index is 11.2. The molecule has 4 heteroatoms. The molecule has 0 radical (unpaired) electrons. The lowest BCUT2D eigenvalue weighted by Crippen LogP contribution is -1.91. The van der Waals surface area contributed by atoms with Crippen LogP contribution in [0.4, 0.5) is 5.69 Å². The van der Waals surface area contributed by atoms with E-state index in [9.17, 15) is 10.1 Å². The monoisotopic (exact) mass is 402 g/mol. The van der Waals surface area contributed by atoms with Crippen LogP contribution in [-0.4, -0.2) is 4.92 Å². The Bertz CT molecular complexity index is 1560. The van der Waals surface area contributed by atoms with Gasteiger partial charge in [-0.25, -0.2) is 4.42 Å². The van der Waals surface area contributed by atoms with Crippen LogP contribution in [0, 0.1) is 10.1 Å². The molecule has 146 valence electrons. The molecule has 31 heavy (non-hydrogen) atoms. The number of hydrogen-bond acceptors (Lipinski definition) is 2. The summed E-state index contributed by atoms with van der Waals surface area (Å²) >= 11 is 0. The number of non-ortho nitro benzene ring substituents is 1. The van der Waals surface area contributed by atoms with Gasteiger partial charge < -0.3 is 0 Å². The van der Waals surface area contributed by atoms with Gasteiger partial charge >= 0.3 is 11.2 Å². The molecule has 1 aromatic heterocycles. The Hall–Kier alpha value is -4.31. The van der Waals surface area contributed by atoms with E-state index in [1.54, 1.807) is 12.1 Å². The first-order valence-electron chi connectivity index (χ1n) is 10.0. The van der Waals surface area contributed by atoms with Gasteiger partial charge in [-0.05, 0) is 51.4 Å². The van der Waals surface area contributed by atoms with E-state index in [0.29, 0.717) is 0 Å². The molecular formula is C27H16NO3+. The first kappa shape index (κ1) is 17.5. The van der Waals surface area contributed by atoms with Crippen LogP contribution in [0.1, 0.15) is 0 Å². The molecule has 1 heterocycles. The number of nitro benzene ring substituents is 1. The molecule has 0 fully saturated rings. The topological polar surface area (TPSA) is 54.4 Å². The molecule has 6 rings (SSSR count). The second-order valence-corrected chi connectivity index (χ2v) is 7.60. The molecule has 0 N–H and O–H groups in total. The second kappa shape index (κ2) is 6.61. The van der Waals surface area contributed by atoms with Crippen molar-refractivity contribution in [3.8, 4) is 11.1 Å². The summed E-state index contributed by atoms with van der Waals surface area (Å²) in [5.41, 5.74) is 3.60. The van der Waals surface area contributed by atoms with E-state index in [1.165, 1.54) is 0 Å². The normalized spacial score (nSPS) is 11.5. The van der Waals surface area contributed by atoms with Crippen LogP contribution >= 0.6 is 0 Å². The van der Waals surface area contributed by atoms with Crippen molar-refractivity contribution in [1.29, 1.82) is 0 Å². The Labute approximate surface area is 177 Å². The summed E-state index contributed by atoms with van der Waals surface area (Å²) in [6.45, 7) is 0. The molecule has 0 saturated heterocycles. The van der Waals surface area contributed by atoms with E-state index in [1.807, 2.05) is 48.5 Å². The van der Waals surface area contributed by atoms with E-state index in [0.717, 1.165) is 54.6 Å². The fourth-order valence-electron chi connectivity index (χ4n) is 4.47. The number of fused-ring (bicyclic) bond motifs is 6. The van der Waals surface area contributed by atoms with Crippen molar-refractivity contribution in [3.63, 3.8) is 0 Å². The molecule has 0 bridgehead atoms. The largest absolute Gasteiger partial charge is 0.362 e. The molecule has 5 aromatic carbocycles. The number of rotatable bonds is 2. The quantitative estimate of drug-likeness (QED) is 0.0978. The summed E-state index contributed by atoms with van der Waals surface area (Å²) in [6.07, 6.45) is 0. The lowest BCUT2D eigenvalue weighted by molar-refractivity contribution is -0.384. The van der Waals surface area contributed by atoms with Crippen LogP contribution in [0.5, 0.6) is 0 Å². The lowest BCUT2D eigenvalue weighted by atomic mass is 9.91. The third-order valence-corrected chi connectivity index (χ3v) is 5.87. The molecule has 0 aliphatic heterocycles. The van der Waals surface area contributed by atoms with E-state index in [-0.39, 0.29) is 10.6 Å². The lowest BCUT2D eigenvalue weighted by Gasteiger charge is -2.10. The average Bonchev–Trinajstić information content (AvgIpc) is 2.82. The summed E-state index contributed by atoms with van der Waals surface area (Å²) < 4.78 is 6.38. The van der Waals surface area contributed by atoms with Crippen LogP contribution in [0.15, 0.2) is 101 Å². The van der Waals surface area contributed by atoms with Gasteiger partial charge in [0.05, 0.1) is 15.7 Å². The maximum atomic E-state index is 11.2. The van der Waals surface area contributed by atoms with Crippen molar-refractivity contribution in [2.75, 3.05) is 0 Å². The van der Waals surface area contributed by atoms with E-state index >= 15 is 0 Å². The fraction of sp³-hybridized carbons (Fsp3) is 0. The highest BCUT2D eigenvalue weighted by Crippen LogP contribution is 2.43. The minimum absolute atomic E-state index is 0.0766. The third kappa shape index (κ3) is 2.66. The predicted octanol–water partition coefficient (Wildman–Crippen LogP) is 7.75. The highest BCUT2D eigenvalue weighted by atomic mass is 16.6. The Morgan fingerprint density at radius 3 is 1.65 bits per heavy atom. The summed E-state index contributed by atoms with van der Waals surface area (Å²) in [6, 6.07) is 31.4. The molecule has 0 unspecified atom stereocenters. The van der Waals surface area contributed by atoms with Gasteiger partial charge in [0.25, 0.3) is 5.69 Å². The standard InChI is InChI=1S/C27H16NO3/c29-28(30)20-13-9-19(10-14-20)25-26-21-7-3-1-5-17(21)11-15-23(26)31-24-16-12-18-6-2-4-8-22(18)27(24)25/h1-16H/q+1. The van der Waals surface area contributed by atoms with Crippen LogP contribution in [0.2, 0.25) is 0 Å². The second-order valence-electron chi connectivity index (χ2n) is 7.60. The van der Waals surface area contributed by atoms with Crippen molar-refractivity contribution in [1.82, 2.24) is 0 Å². The third-order valence-electron chi connectivity index (χ3n) is 5.87. The van der Waals surface area contributed by atoms with Crippen molar-refractivity contribution in [2.24, 2.45) is 0 Å². The first-order valence-corrected chi connectivity index (χ1v) is 10.0. The average molecular weight is 402 g/mol. The van der Waals surface area contributed by atoms with Crippen molar-refractivity contribution < 1.29 is 9.34 Å². The Kier molecular flexibility index (Phi) is 3.74. The molecule has 0 atom stereocenters. The summed E-state index contributed by atoms with van der Waals surface area (Å²) in [5, 5.41) is 17.7. The van der Waals surface area contributed by atoms with Gasteiger partial charge in [0.1, 0.15) is 0 Å². The Balaban J connectivity index is 1.88. The maximum Gasteiger partial charge on any atom is 0.362 e. The van der Waals surface area contributed by atoms with E-state index in [4.69, 9.17) is 4.42 Å². The molecule has 0 saturated carbocycles. The SMILES string of the molecule is O=[N+]([O-])c1ccc(-c2c3c(ccc4ccccc43)[o+]c3ccc4ccccc4c23)cc1. The molecule has 0 spiro atoms. The van der Waals surface area contributed by atoms with Gasteiger partial charge in [-0.3, -0.25) is 10.1 Å². The zero-order valence-corrected chi connectivity index (χ0v) is 16.4. The van der Waals surface area contributed by atoms with Gasteiger partial charge in [0.15, 0.2) is 0 Å². The molecule has 4 nitrogen and oxygen atoms in total. The number of hydrogen-bond donors (Lipinski definition) is 0. The van der Waals surface area contributed by atoms with Crippen LogP contribution in [0.25, 0.3) is 54.6 Å². The highest BCUT2D eigenvalue weighted by molar-refractivity contribution is 6.24. The smallest absolute Gasteiger partial charge is 0.258 e. The van der Waals surface area contributed by atoms with Crippen LogP contribution < -0.4 is 0 Å². The van der Waals surface area contributed by atoms with Crippen LogP contribution in [-0.2, 0) is 0 Å². The number of nitro groups is 1. The molecule has 0 aliphatic carbocycles. The minimum atomic E-state index is -0.370. The molecule has 0 aliphatic rings. The molecular weight excluding hydrogens is 386 g/mol. The van der Waals surface area contributed by atoms with E-state index < -0.39 is 0 Å². The van der Waals surface area contributed by atoms with Crippen molar-refractivity contribution in [2.45, 2.75) is 0 Å². The van der Waals surface area contributed by atoms with Gasteiger partial charge in [-0.2, -0.15) is 0 Å². The Morgan fingerprint density at radius 2 is 1.13 bits per heavy atom. The Morgan fingerprint density at radius 1 is 0.613 bits per heavy atom. The van der Waals surface area contributed by atoms with Gasteiger partial charge in [-0.15, -0.1) is 0 Å². The predicted molar refractivity (Wildman–Crippen MR) is 125 cm³/mol.